The summed E-state index contributed by atoms with van der Waals surface area (Å²) in [7, 11) is 0. The molecule has 1 atom stereocenters. The minimum Gasteiger partial charge on any atom is -0.454 e. The normalized spacial score (nSPS) is 19.7. The number of benzene rings is 1. The maximum absolute atomic E-state index is 6.52. The fraction of sp³-hybridized carbons (Fsp3) is 0.625. The van der Waals surface area contributed by atoms with Crippen LogP contribution in [-0.2, 0) is 0 Å². The van der Waals surface area contributed by atoms with Gasteiger partial charge in [-0.2, -0.15) is 0 Å². The predicted molar refractivity (Wildman–Crippen MR) is 84.3 cm³/mol. The monoisotopic (exact) mass is 310 g/mol. The molecule has 21 heavy (non-hydrogen) atoms. The van der Waals surface area contributed by atoms with Gasteiger partial charge in [0, 0.05) is 43.3 Å². The molecule has 2 heterocycles. The summed E-state index contributed by atoms with van der Waals surface area (Å²) in [5.74, 6) is 1.59. The molecule has 4 nitrogen and oxygen atoms in total. The van der Waals surface area contributed by atoms with Gasteiger partial charge in [-0.3, -0.25) is 4.90 Å². The summed E-state index contributed by atoms with van der Waals surface area (Å²) in [6.45, 7) is 6.76. The van der Waals surface area contributed by atoms with Crippen molar-refractivity contribution in [3.8, 4) is 11.5 Å². The van der Waals surface area contributed by atoms with E-state index in [1.54, 1.807) is 0 Å². The van der Waals surface area contributed by atoms with Gasteiger partial charge in [0.15, 0.2) is 11.5 Å². The van der Waals surface area contributed by atoms with Crippen molar-refractivity contribution in [2.24, 2.45) is 0 Å². The number of nitrogens with one attached hydrogen (secondary N) is 1. The summed E-state index contributed by atoms with van der Waals surface area (Å²) in [6, 6.07) is 4.35. The van der Waals surface area contributed by atoms with Gasteiger partial charge in [-0.1, -0.05) is 31.4 Å². The maximum Gasteiger partial charge on any atom is 0.231 e. The van der Waals surface area contributed by atoms with Crippen molar-refractivity contribution in [2.45, 2.75) is 32.2 Å². The van der Waals surface area contributed by atoms with Crippen molar-refractivity contribution >= 4 is 11.6 Å². The molecule has 0 aliphatic carbocycles. The zero-order valence-corrected chi connectivity index (χ0v) is 13.3. The van der Waals surface area contributed by atoms with E-state index in [2.05, 4.69) is 23.2 Å². The van der Waals surface area contributed by atoms with Gasteiger partial charge in [-0.05, 0) is 18.1 Å². The molecule has 1 aromatic carbocycles. The Morgan fingerprint density at radius 2 is 1.95 bits per heavy atom. The van der Waals surface area contributed by atoms with Crippen LogP contribution in [0.2, 0.25) is 5.02 Å². The first-order chi connectivity index (χ1) is 10.3. The average Bonchev–Trinajstić information content (AvgIpc) is 2.96. The Morgan fingerprint density at radius 3 is 2.67 bits per heavy atom. The van der Waals surface area contributed by atoms with Crippen molar-refractivity contribution in [3.05, 3.63) is 22.7 Å². The van der Waals surface area contributed by atoms with Crippen LogP contribution in [-0.4, -0.2) is 37.9 Å². The molecule has 1 saturated heterocycles. The van der Waals surface area contributed by atoms with Crippen LogP contribution in [0.3, 0.4) is 0 Å². The lowest BCUT2D eigenvalue weighted by atomic mass is 9.98. The minimum atomic E-state index is 0.294. The Labute approximate surface area is 131 Å². The number of halogens is 1. The number of hydrogen-bond acceptors (Lipinski definition) is 4. The Hall–Kier alpha value is -0.970. The third-order valence-corrected chi connectivity index (χ3v) is 4.60. The molecular weight excluding hydrogens is 288 g/mol. The van der Waals surface area contributed by atoms with Gasteiger partial charge in [0.25, 0.3) is 0 Å². The summed E-state index contributed by atoms with van der Waals surface area (Å²) in [5.41, 5.74) is 1.18. The van der Waals surface area contributed by atoms with Crippen LogP contribution >= 0.6 is 11.6 Å². The Kier molecular flexibility index (Phi) is 4.88. The van der Waals surface area contributed by atoms with Crippen LogP contribution in [0.4, 0.5) is 0 Å². The highest BCUT2D eigenvalue weighted by Crippen LogP contribution is 2.41. The molecule has 0 radical (unpaired) electrons. The smallest absolute Gasteiger partial charge is 0.231 e. The van der Waals surface area contributed by atoms with Crippen LogP contribution in [0.1, 0.15) is 37.8 Å². The lowest BCUT2D eigenvalue weighted by Gasteiger charge is -2.35. The lowest BCUT2D eigenvalue weighted by molar-refractivity contribution is 0.162. The predicted octanol–water partition coefficient (Wildman–Crippen LogP) is 3.21. The zero-order chi connectivity index (χ0) is 14.7. The molecule has 1 N–H and O–H groups in total. The van der Waals surface area contributed by atoms with Crippen LogP contribution in [0, 0.1) is 0 Å². The number of unbranched alkanes of at least 4 members (excludes halogenated alkanes) is 1. The molecule has 0 spiro atoms. The summed E-state index contributed by atoms with van der Waals surface area (Å²) < 4.78 is 10.9. The molecule has 0 bridgehead atoms. The van der Waals surface area contributed by atoms with Gasteiger partial charge in [0.1, 0.15) is 0 Å². The van der Waals surface area contributed by atoms with E-state index in [0.717, 1.165) is 49.1 Å². The molecule has 2 aliphatic heterocycles. The molecule has 0 saturated carbocycles. The standard InChI is InChI=1S/C16H23ClN2O2/c1-2-3-4-14(19-7-5-18-6-8-19)12-9-15-16(10-13(12)17)21-11-20-15/h9-10,14,18H,2-8,11H2,1H3/t14-/m1/s1. The van der Waals surface area contributed by atoms with E-state index >= 15 is 0 Å². The number of ether oxygens (including phenoxy) is 2. The lowest BCUT2D eigenvalue weighted by Crippen LogP contribution is -2.45. The fourth-order valence-corrected chi connectivity index (χ4v) is 3.39. The minimum absolute atomic E-state index is 0.294. The van der Waals surface area contributed by atoms with E-state index in [1.165, 1.54) is 18.4 Å². The van der Waals surface area contributed by atoms with E-state index in [0.29, 0.717) is 12.8 Å². The maximum atomic E-state index is 6.52. The number of piperazine rings is 1. The molecule has 0 amide bonds. The van der Waals surface area contributed by atoms with Gasteiger partial charge in [0.05, 0.1) is 0 Å². The third kappa shape index (κ3) is 3.28. The molecule has 0 aromatic heterocycles. The largest absolute Gasteiger partial charge is 0.454 e. The topological polar surface area (TPSA) is 33.7 Å². The molecule has 1 aromatic rings. The molecule has 116 valence electrons. The van der Waals surface area contributed by atoms with Crippen LogP contribution in [0.15, 0.2) is 12.1 Å². The van der Waals surface area contributed by atoms with Crippen molar-refractivity contribution < 1.29 is 9.47 Å². The second-order valence-corrected chi connectivity index (χ2v) is 6.08. The van der Waals surface area contributed by atoms with Crippen LogP contribution in [0.25, 0.3) is 0 Å². The highest BCUT2D eigenvalue weighted by atomic mass is 35.5. The fourth-order valence-electron chi connectivity index (χ4n) is 3.11. The van der Waals surface area contributed by atoms with Crippen molar-refractivity contribution in [1.29, 1.82) is 0 Å². The van der Waals surface area contributed by atoms with Crippen molar-refractivity contribution in [1.82, 2.24) is 10.2 Å². The number of rotatable bonds is 5. The zero-order valence-electron chi connectivity index (χ0n) is 12.5. The Balaban J connectivity index is 1.87. The average molecular weight is 311 g/mol. The van der Waals surface area contributed by atoms with Crippen LogP contribution in [0.5, 0.6) is 11.5 Å². The van der Waals surface area contributed by atoms with E-state index < -0.39 is 0 Å². The number of nitrogens with zero attached hydrogens (tertiary/aromatic N) is 1. The summed E-state index contributed by atoms with van der Waals surface area (Å²) in [5, 5.41) is 4.20. The molecular formula is C16H23ClN2O2. The SMILES string of the molecule is CCCC[C@H](c1cc2c(cc1Cl)OCO2)N1CCNCC1. The third-order valence-electron chi connectivity index (χ3n) is 4.27. The second-order valence-electron chi connectivity index (χ2n) is 5.67. The summed E-state index contributed by atoms with van der Waals surface area (Å²) in [4.78, 5) is 2.54. The number of hydrogen-bond donors (Lipinski definition) is 1. The quantitative estimate of drug-likeness (QED) is 0.905. The molecule has 0 unspecified atom stereocenters. The van der Waals surface area contributed by atoms with E-state index in [9.17, 15) is 0 Å². The first-order valence-corrected chi connectivity index (χ1v) is 8.21. The first-order valence-electron chi connectivity index (χ1n) is 7.83. The highest BCUT2D eigenvalue weighted by molar-refractivity contribution is 6.31. The van der Waals surface area contributed by atoms with Gasteiger partial charge < -0.3 is 14.8 Å². The molecule has 3 rings (SSSR count). The first kappa shape index (κ1) is 14.9. The number of fused-ring (bicyclic) bond motifs is 1. The van der Waals surface area contributed by atoms with Gasteiger partial charge >= 0.3 is 0 Å². The summed E-state index contributed by atoms with van der Waals surface area (Å²) in [6.07, 6.45) is 3.54. The van der Waals surface area contributed by atoms with Gasteiger partial charge in [0.2, 0.25) is 6.79 Å². The van der Waals surface area contributed by atoms with E-state index in [4.69, 9.17) is 21.1 Å². The van der Waals surface area contributed by atoms with Gasteiger partial charge in [-0.25, -0.2) is 0 Å². The molecule has 1 fully saturated rings. The Morgan fingerprint density at radius 1 is 1.24 bits per heavy atom. The van der Waals surface area contributed by atoms with Crippen molar-refractivity contribution in [2.75, 3.05) is 33.0 Å². The van der Waals surface area contributed by atoms with E-state index in [-0.39, 0.29) is 0 Å². The van der Waals surface area contributed by atoms with E-state index in [1.807, 2.05) is 6.07 Å². The van der Waals surface area contributed by atoms with Gasteiger partial charge in [-0.15, -0.1) is 0 Å². The highest BCUT2D eigenvalue weighted by Gasteiger charge is 2.26. The Bertz CT molecular complexity index is 489. The summed E-state index contributed by atoms with van der Waals surface area (Å²) >= 11 is 6.52. The second kappa shape index (κ2) is 6.86. The van der Waals surface area contributed by atoms with Crippen LogP contribution < -0.4 is 14.8 Å². The van der Waals surface area contributed by atoms with Crippen molar-refractivity contribution in [3.63, 3.8) is 0 Å². The molecule has 2 aliphatic rings. The molecule has 5 heteroatoms.